The van der Waals surface area contributed by atoms with Crippen LogP contribution in [0.15, 0.2) is 145 Å². The summed E-state index contributed by atoms with van der Waals surface area (Å²) in [5.74, 6) is 4.81. The number of pyridine rings is 1. The number of nitrogens with one attached hydrogen (secondary N) is 7. The minimum Gasteiger partial charge on any atom is -0.495 e. The number of carbonyl (C=O) groups excluding carboxylic acids is 1. The molecule has 0 atom stereocenters. The van der Waals surface area contributed by atoms with E-state index in [4.69, 9.17) is 49.0 Å². The number of piperidine rings is 1. The molecule has 5 fully saturated rings. The first-order valence-corrected chi connectivity index (χ1v) is 48.9. The number of likely N-dealkylation sites (N-methyl/N-ethyl adjacent to an activating group) is 1. The highest BCUT2D eigenvalue weighted by Gasteiger charge is 2.35. The molecular formula is C81H104Cl3N20O9P3S. The summed E-state index contributed by atoms with van der Waals surface area (Å²) < 4.78 is 81.9. The number of anilines is 14. The predicted molar refractivity (Wildman–Crippen MR) is 476 cm³/mol. The summed E-state index contributed by atoms with van der Waals surface area (Å²) in [5.41, 5.74) is 6.02. The van der Waals surface area contributed by atoms with Crippen LogP contribution in [-0.4, -0.2) is 240 Å². The van der Waals surface area contributed by atoms with Crippen molar-refractivity contribution in [1.82, 2.24) is 59.8 Å². The van der Waals surface area contributed by atoms with Gasteiger partial charge in [0, 0.05) is 157 Å². The standard InChI is InChI=1S/C32H43ClN7O2P.C26H32ClN6O5PS.C23H29ClN7O2P/c1-42-29-20-25(39-14-12-24(13-15-39)40-18-16-38(17-19-40)22-23-8-9-23)10-11-27(29)36-32-34-21-26(33)31(37-32)35-28-6-4-5-7-30(28)43(2,3)41;1-17(2)40(36,37)23-8-6-5-7-21(23)30-24-19(27)16-29-25(32-24)31-20-10-9-18(15-22(20)38-4)39(35)13-11-33(12-14-39)26(34)28-3;1-30-9-11-31(12-10-30)16-5-6-18(20(13-16)33-2)28-23-26-14-17(24)22(29-23)27-19-7-8-25-15-21(19)34(3,4)32/h4-7,10-11,20-21,23-24H,8-9,12-19,22H2,1-3H3,(H2,34,35,36,37);5-10,15-17H,11-14H2,1-4H3,(H,28,34)(H2,29,30,31,32);5-8,13-15H,9-12H2,1-4H3,(H2,25,26,27,28,29). The van der Waals surface area contributed by atoms with E-state index in [-0.39, 0.29) is 27.7 Å². The Bertz CT molecular complexity index is 5250. The quantitative estimate of drug-likeness (QED) is 0.0261. The number of urea groups is 1. The lowest BCUT2D eigenvalue weighted by Gasteiger charge is -2.43. The van der Waals surface area contributed by atoms with Gasteiger partial charge in [-0.1, -0.05) is 59.1 Å². The maximum Gasteiger partial charge on any atom is 0.317 e. The van der Waals surface area contributed by atoms with Crippen molar-refractivity contribution < 1.29 is 41.1 Å². The molecule has 624 valence electrons. The number of piperazine rings is 2. The third-order valence-corrected chi connectivity index (χ3v) is 30.4. The minimum atomic E-state index is -3.56. The number of para-hydroxylation sites is 2. The summed E-state index contributed by atoms with van der Waals surface area (Å²) in [6.07, 6.45) is 13.7. The molecule has 4 saturated heterocycles. The number of sulfone groups is 1. The highest BCUT2D eigenvalue weighted by Crippen LogP contribution is 2.48. The number of ether oxygens (including phenoxy) is 3. The molecular weight excluding hydrogens is 1630 g/mol. The van der Waals surface area contributed by atoms with E-state index in [1.54, 1.807) is 128 Å². The van der Waals surface area contributed by atoms with Gasteiger partial charge in [-0.3, -0.25) is 9.88 Å². The van der Waals surface area contributed by atoms with Gasteiger partial charge < -0.3 is 89.6 Å². The zero-order valence-corrected chi connectivity index (χ0v) is 73.6. The topological polar surface area (TPSA) is 324 Å². The average molecular weight is 1730 g/mol. The van der Waals surface area contributed by atoms with E-state index in [0.29, 0.717) is 110 Å². The van der Waals surface area contributed by atoms with Gasteiger partial charge in [-0.25, -0.2) is 28.2 Å². The smallest absolute Gasteiger partial charge is 0.317 e. The van der Waals surface area contributed by atoms with E-state index in [0.717, 1.165) is 79.0 Å². The molecule has 5 aliphatic rings. The van der Waals surface area contributed by atoms with Crippen LogP contribution in [0.25, 0.3) is 0 Å². The van der Waals surface area contributed by atoms with Gasteiger partial charge >= 0.3 is 6.03 Å². The van der Waals surface area contributed by atoms with Gasteiger partial charge in [0.1, 0.15) is 53.7 Å². The first kappa shape index (κ1) is 87.3. The van der Waals surface area contributed by atoms with Crippen molar-refractivity contribution in [3.05, 3.63) is 155 Å². The predicted octanol–water partition coefficient (Wildman–Crippen LogP) is 14.3. The Balaban J connectivity index is 0.000000163. The number of halogens is 3. The maximum atomic E-state index is 13.7. The third-order valence-electron chi connectivity index (χ3n) is 21.2. The first-order valence-electron chi connectivity index (χ1n) is 38.9. The number of hydrogen-bond acceptors (Lipinski definition) is 27. The van der Waals surface area contributed by atoms with Gasteiger partial charge in [0.15, 0.2) is 27.3 Å². The van der Waals surface area contributed by atoms with E-state index < -0.39 is 36.5 Å². The highest BCUT2D eigenvalue weighted by molar-refractivity contribution is 7.92. The first-order chi connectivity index (χ1) is 56.0. The molecule has 5 aromatic carbocycles. The van der Waals surface area contributed by atoms with E-state index in [2.05, 4.69) is 122 Å². The fourth-order valence-corrected chi connectivity index (χ4v) is 20.7. The van der Waals surface area contributed by atoms with Crippen LogP contribution >= 0.6 is 56.2 Å². The number of nitrogens with zero attached hydrogens (tertiary/aromatic N) is 13. The van der Waals surface area contributed by atoms with Crippen molar-refractivity contribution >= 4 is 169 Å². The van der Waals surface area contributed by atoms with E-state index in [9.17, 15) is 26.9 Å². The summed E-state index contributed by atoms with van der Waals surface area (Å²) in [6.45, 7) is 23.2. The van der Waals surface area contributed by atoms with Gasteiger partial charge in [0.25, 0.3) is 0 Å². The Kier molecular flexibility index (Phi) is 28.9. The molecule has 0 spiro atoms. The SMILES string of the molecule is CNC(=O)N1CCP(=O)(c2ccc(Nc3ncc(Cl)c(Nc4ccccc4S(=O)(=O)C(C)C)n3)c(OC)c2)CC1.COc1cc(N2CCC(N3CCN(CC4CC4)CC3)CC2)ccc1Nc1ncc(Cl)c(Nc2ccccc2P(C)(C)=O)n1.COc1cc(N2CCN(C)CC2)ccc1Nc1ncc(Cl)c(Nc2ccncc2P(C)(C)=O)n1. The molecule has 0 bridgehead atoms. The lowest BCUT2D eigenvalue weighted by Crippen LogP contribution is -2.53. The molecule has 8 heterocycles. The Labute approximate surface area is 700 Å². The average Bonchev–Trinajstić information content (AvgIpc) is 1.72. The molecule has 1 saturated carbocycles. The summed E-state index contributed by atoms with van der Waals surface area (Å²) >= 11 is 19.2. The monoisotopic (exact) mass is 1730 g/mol. The normalized spacial score (nSPS) is 16.4. The van der Waals surface area contributed by atoms with Gasteiger partial charge in [-0.05, 0) is 152 Å². The number of carbonyl (C=O) groups is 1. The zero-order chi connectivity index (χ0) is 83.3. The molecule has 4 aliphatic heterocycles. The van der Waals surface area contributed by atoms with Crippen LogP contribution in [0, 0.1) is 5.92 Å². The molecule has 36 heteroatoms. The second-order valence-electron chi connectivity index (χ2n) is 30.4. The van der Waals surface area contributed by atoms with Crippen LogP contribution in [0.5, 0.6) is 17.2 Å². The van der Waals surface area contributed by atoms with E-state index >= 15 is 0 Å². The van der Waals surface area contributed by atoms with Crippen LogP contribution in [0.2, 0.25) is 15.1 Å². The highest BCUT2D eigenvalue weighted by atomic mass is 35.5. The summed E-state index contributed by atoms with van der Waals surface area (Å²) in [7, 11) is -2.79. The summed E-state index contributed by atoms with van der Waals surface area (Å²) in [6, 6.07) is 33.9. The lowest BCUT2D eigenvalue weighted by molar-refractivity contribution is 0.0825. The molecule has 0 unspecified atom stereocenters. The second kappa shape index (κ2) is 38.8. The number of amides is 2. The van der Waals surface area contributed by atoms with Crippen LogP contribution in [0.4, 0.5) is 85.6 Å². The van der Waals surface area contributed by atoms with Crippen molar-refractivity contribution in [1.29, 1.82) is 0 Å². The van der Waals surface area contributed by atoms with Crippen LogP contribution in [-0.2, 0) is 23.5 Å². The third kappa shape index (κ3) is 22.5. The van der Waals surface area contributed by atoms with Crippen LogP contribution in [0.3, 0.4) is 0 Å². The largest absolute Gasteiger partial charge is 0.495 e. The van der Waals surface area contributed by atoms with Gasteiger partial charge in [-0.2, -0.15) is 15.0 Å². The van der Waals surface area contributed by atoms with Crippen molar-refractivity contribution in [2.45, 2.75) is 55.7 Å². The van der Waals surface area contributed by atoms with Crippen molar-refractivity contribution in [2.75, 3.05) is 201 Å². The molecule has 1 aliphatic carbocycles. The fourth-order valence-electron chi connectivity index (χ4n) is 14.3. The van der Waals surface area contributed by atoms with E-state index in [1.807, 2.05) is 42.5 Å². The van der Waals surface area contributed by atoms with Gasteiger partial charge in [-0.15, -0.1) is 0 Å². The number of hydrogen-bond donors (Lipinski definition) is 7. The van der Waals surface area contributed by atoms with Gasteiger partial charge in [0.05, 0.1) is 89.5 Å². The molecule has 0 radical (unpaired) electrons. The number of benzene rings is 5. The molecule has 4 aromatic heterocycles. The van der Waals surface area contributed by atoms with Crippen LogP contribution in [0.1, 0.15) is 39.5 Å². The van der Waals surface area contributed by atoms with Crippen LogP contribution < -0.4 is 77.1 Å². The Morgan fingerprint density at radius 1 is 0.538 bits per heavy atom. The fraction of sp³-hybridized carbons (Fsp3) is 0.407. The summed E-state index contributed by atoms with van der Waals surface area (Å²) in [5, 5.41) is 24.0. The Morgan fingerprint density at radius 3 is 1.49 bits per heavy atom. The lowest BCUT2D eigenvalue weighted by atomic mass is 10.0. The molecule has 9 aromatic rings. The summed E-state index contributed by atoms with van der Waals surface area (Å²) in [4.78, 5) is 56.9. The molecule has 7 N–H and O–H groups in total. The van der Waals surface area contributed by atoms with Crippen molar-refractivity contribution in [3.63, 3.8) is 0 Å². The number of aromatic nitrogens is 7. The minimum absolute atomic E-state index is 0.141. The number of methoxy groups -OCH3 is 3. The Hall–Kier alpha value is -9.05. The zero-order valence-electron chi connectivity index (χ0n) is 67.8. The maximum absolute atomic E-state index is 13.7. The number of rotatable bonds is 25. The molecule has 29 nitrogen and oxygen atoms in total. The Morgan fingerprint density at radius 2 is 1.00 bits per heavy atom. The molecule has 14 rings (SSSR count). The van der Waals surface area contributed by atoms with Gasteiger partial charge in [0.2, 0.25) is 17.8 Å². The molecule has 2 amide bonds. The second-order valence-corrected chi connectivity index (χ2v) is 43.7. The van der Waals surface area contributed by atoms with E-state index in [1.165, 1.54) is 84.0 Å². The van der Waals surface area contributed by atoms with Crippen molar-refractivity contribution in [2.24, 2.45) is 5.92 Å². The van der Waals surface area contributed by atoms with Crippen molar-refractivity contribution in [3.8, 4) is 17.2 Å². The molecule has 117 heavy (non-hydrogen) atoms.